The highest BCUT2D eigenvalue weighted by Crippen LogP contribution is 2.26. The quantitative estimate of drug-likeness (QED) is 0.711. The van der Waals surface area contributed by atoms with Crippen LogP contribution in [0.4, 0.5) is 0 Å². The lowest BCUT2D eigenvalue weighted by atomic mass is 9.98. The van der Waals surface area contributed by atoms with Gasteiger partial charge in [-0.2, -0.15) is 14.5 Å². The maximum Gasteiger partial charge on any atom is 0.246 e. The lowest BCUT2D eigenvalue weighted by Crippen LogP contribution is -2.45. The molecule has 2 aromatic rings. The maximum absolute atomic E-state index is 13.0. The zero-order valence-corrected chi connectivity index (χ0v) is 17.7. The fourth-order valence-electron chi connectivity index (χ4n) is 3.64. The van der Waals surface area contributed by atoms with Crippen LogP contribution in [0.3, 0.4) is 0 Å². The Morgan fingerprint density at radius 2 is 2.11 bits per heavy atom. The van der Waals surface area contributed by atoms with Crippen LogP contribution >= 0.6 is 0 Å². The molecule has 0 N–H and O–H groups in total. The summed E-state index contributed by atoms with van der Waals surface area (Å²) in [6.45, 7) is 5.56. The van der Waals surface area contributed by atoms with Gasteiger partial charge in [0.25, 0.3) is 0 Å². The summed E-state index contributed by atoms with van der Waals surface area (Å²) in [5, 5.41) is 8.28. The van der Waals surface area contributed by atoms with E-state index in [1.807, 2.05) is 17.7 Å². The molecule has 0 bridgehead atoms. The monoisotopic (exact) mass is 408 g/mol. The molecule has 3 heterocycles. The third-order valence-electron chi connectivity index (χ3n) is 5.42. The van der Waals surface area contributed by atoms with Crippen molar-refractivity contribution < 1.29 is 13.2 Å². The Morgan fingerprint density at radius 3 is 2.75 bits per heavy atom. The van der Waals surface area contributed by atoms with E-state index in [2.05, 4.69) is 10.2 Å². The van der Waals surface area contributed by atoms with Crippen LogP contribution in [-0.4, -0.2) is 63.2 Å². The molecule has 0 saturated carbocycles. The van der Waals surface area contributed by atoms with Crippen molar-refractivity contribution in [3.8, 4) is 0 Å². The van der Waals surface area contributed by atoms with Crippen LogP contribution < -0.4 is 0 Å². The zero-order chi connectivity index (χ0) is 20.5. The van der Waals surface area contributed by atoms with Crippen LogP contribution in [0.1, 0.15) is 31.2 Å². The Labute approximate surface area is 166 Å². The largest absolute Gasteiger partial charge is 0.340 e. The number of rotatable bonds is 6. The molecule has 1 fully saturated rings. The average molecular weight is 409 g/mol. The normalized spacial score (nSPS) is 18.4. The average Bonchev–Trinajstić information content (AvgIpc) is 3.27. The summed E-state index contributed by atoms with van der Waals surface area (Å²) in [7, 11) is -0.186. The van der Waals surface area contributed by atoms with Crippen LogP contribution in [0, 0.1) is 12.8 Å². The molecular formula is C18H28N6O3S. The van der Waals surface area contributed by atoms with E-state index in [-0.39, 0.29) is 23.3 Å². The highest BCUT2D eigenvalue weighted by Gasteiger charge is 2.36. The summed E-state index contributed by atoms with van der Waals surface area (Å²) in [4.78, 5) is 14.8. The molecule has 1 aliphatic rings. The van der Waals surface area contributed by atoms with Gasteiger partial charge in [0.15, 0.2) is 0 Å². The highest BCUT2D eigenvalue weighted by molar-refractivity contribution is 7.89. The molecule has 10 heteroatoms. The summed E-state index contributed by atoms with van der Waals surface area (Å²) >= 11 is 0. The second-order valence-corrected chi connectivity index (χ2v) is 9.16. The number of aryl methyl sites for hydroxylation is 2. The molecule has 0 unspecified atom stereocenters. The Bertz CT molecular complexity index is 948. The van der Waals surface area contributed by atoms with Crippen molar-refractivity contribution in [2.45, 2.75) is 44.7 Å². The van der Waals surface area contributed by atoms with Crippen molar-refractivity contribution in [1.29, 1.82) is 0 Å². The van der Waals surface area contributed by atoms with Gasteiger partial charge >= 0.3 is 0 Å². The molecule has 28 heavy (non-hydrogen) atoms. The van der Waals surface area contributed by atoms with Crippen molar-refractivity contribution in [2.75, 3.05) is 20.1 Å². The van der Waals surface area contributed by atoms with E-state index in [0.717, 1.165) is 12.2 Å². The number of sulfonamides is 1. The number of aromatic nitrogens is 4. The number of piperidine rings is 1. The van der Waals surface area contributed by atoms with E-state index in [9.17, 15) is 13.2 Å². The topological polar surface area (TPSA) is 93.3 Å². The van der Waals surface area contributed by atoms with Gasteiger partial charge in [0.1, 0.15) is 4.90 Å². The number of nitrogens with zero attached hydrogens (tertiary/aromatic N) is 6. The molecule has 0 spiro atoms. The van der Waals surface area contributed by atoms with Gasteiger partial charge in [0.05, 0.1) is 30.0 Å². The number of amides is 1. The Hall–Kier alpha value is -2.20. The molecule has 3 rings (SSSR count). The van der Waals surface area contributed by atoms with Gasteiger partial charge in [-0.3, -0.25) is 14.2 Å². The molecule has 154 valence electrons. The molecular weight excluding hydrogens is 380 g/mol. The first kappa shape index (κ1) is 20.5. The molecule has 2 aromatic heterocycles. The lowest BCUT2D eigenvalue weighted by molar-refractivity contribution is -0.136. The van der Waals surface area contributed by atoms with Gasteiger partial charge in [-0.25, -0.2) is 8.42 Å². The molecule has 1 atom stereocenters. The molecule has 1 aliphatic heterocycles. The van der Waals surface area contributed by atoms with Crippen LogP contribution in [0.5, 0.6) is 0 Å². The summed E-state index contributed by atoms with van der Waals surface area (Å²) in [6.07, 6.45) is 4.46. The van der Waals surface area contributed by atoms with Gasteiger partial charge in [0, 0.05) is 39.9 Å². The van der Waals surface area contributed by atoms with Crippen molar-refractivity contribution in [3.05, 3.63) is 29.8 Å². The predicted molar refractivity (Wildman–Crippen MR) is 104 cm³/mol. The van der Waals surface area contributed by atoms with Crippen molar-refractivity contribution in [1.82, 2.24) is 28.8 Å². The third-order valence-corrected chi connectivity index (χ3v) is 7.39. The lowest BCUT2D eigenvalue weighted by Gasteiger charge is -2.33. The van der Waals surface area contributed by atoms with Crippen LogP contribution in [0.15, 0.2) is 23.4 Å². The van der Waals surface area contributed by atoms with E-state index < -0.39 is 10.0 Å². The van der Waals surface area contributed by atoms with Gasteiger partial charge in [-0.1, -0.05) is 0 Å². The van der Waals surface area contributed by atoms with Crippen molar-refractivity contribution in [2.24, 2.45) is 13.0 Å². The molecule has 9 nitrogen and oxygen atoms in total. The summed E-state index contributed by atoms with van der Waals surface area (Å²) < 4.78 is 30.9. The fraction of sp³-hybridized carbons (Fsp3) is 0.611. The Kier molecular flexibility index (Phi) is 5.90. The van der Waals surface area contributed by atoms with Crippen molar-refractivity contribution >= 4 is 15.9 Å². The number of carbonyl (C=O) groups excluding carboxylic acids is 1. The van der Waals surface area contributed by atoms with E-state index in [4.69, 9.17) is 0 Å². The minimum atomic E-state index is -3.66. The second-order valence-electron chi connectivity index (χ2n) is 7.25. The van der Waals surface area contributed by atoms with E-state index >= 15 is 0 Å². The predicted octanol–water partition coefficient (Wildman–Crippen LogP) is 1.00. The van der Waals surface area contributed by atoms with E-state index in [1.54, 1.807) is 36.8 Å². The van der Waals surface area contributed by atoms with Gasteiger partial charge in [-0.15, -0.1) is 0 Å². The zero-order valence-electron chi connectivity index (χ0n) is 16.9. The number of carbonyl (C=O) groups is 1. The number of hydrogen-bond donors (Lipinski definition) is 0. The minimum absolute atomic E-state index is 0.0355. The first-order valence-electron chi connectivity index (χ1n) is 9.50. The Morgan fingerprint density at radius 1 is 1.36 bits per heavy atom. The third kappa shape index (κ3) is 3.83. The Balaban J connectivity index is 1.72. The van der Waals surface area contributed by atoms with Crippen LogP contribution in [0.25, 0.3) is 0 Å². The fourth-order valence-corrected chi connectivity index (χ4v) is 5.35. The molecule has 1 saturated heterocycles. The van der Waals surface area contributed by atoms with E-state index in [0.29, 0.717) is 31.6 Å². The maximum atomic E-state index is 13.0. The smallest absolute Gasteiger partial charge is 0.246 e. The minimum Gasteiger partial charge on any atom is -0.340 e. The van der Waals surface area contributed by atoms with Crippen molar-refractivity contribution in [3.63, 3.8) is 0 Å². The molecule has 0 aromatic carbocycles. The molecule has 1 amide bonds. The summed E-state index contributed by atoms with van der Waals surface area (Å²) in [5.41, 5.74) is 1.56. The van der Waals surface area contributed by atoms with Gasteiger partial charge < -0.3 is 4.90 Å². The molecule has 0 radical (unpaired) electrons. The standard InChI is InChI=1S/C18H28N6O3S/c1-5-24-16(8-9-19-24)13-21(3)18(25)15-7-6-10-23(12-15)28(26,27)17-11-20-22(4)14(17)2/h8-9,11,15H,5-7,10,12-13H2,1-4H3/t15-/m1/s1. The van der Waals surface area contributed by atoms with Crippen LogP contribution in [0.2, 0.25) is 0 Å². The SMILES string of the molecule is CCn1nccc1CN(C)C(=O)[C@@H]1CCCN(S(=O)(=O)c2cnn(C)c2C)C1. The van der Waals surface area contributed by atoms with Gasteiger partial charge in [-0.05, 0) is 32.8 Å². The van der Waals surface area contributed by atoms with E-state index in [1.165, 1.54) is 10.5 Å². The van der Waals surface area contributed by atoms with Gasteiger partial charge in [0.2, 0.25) is 15.9 Å². The molecule has 0 aliphatic carbocycles. The first-order chi connectivity index (χ1) is 13.3. The highest BCUT2D eigenvalue weighted by atomic mass is 32.2. The first-order valence-corrected chi connectivity index (χ1v) is 10.9. The summed E-state index contributed by atoms with van der Waals surface area (Å²) in [5.74, 6) is -0.379. The second kappa shape index (κ2) is 8.04. The number of hydrogen-bond acceptors (Lipinski definition) is 5. The summed E-state index contributed by atoms with van der Waals surface area (Å²) in [6, 6.07) is 1.90. The van der Waals surface area contributed by atoms with Crippen LogP contribution in [-0.2, 0) is 35.0 Å².